The Balaban J connectivity index is 2.49. The first-order valence-corrected chi connectivity index (χ1v) is 8.69. The molecule has 9 heteroatoms. The lowest BCUT2D eigenvalue weighted by atomic mass is 9.78. The topological polar surface area (TPSA) is 51.6 Å². The van der Waals surface area contributed by atoms with Gasteiger partial charge in [-0.05, 0) is 23.8 Å². The molecular weight excluding hydrogens is 406 g/mol. The predicted octanol–water partition coefficient (Wildman–Crippen LogP) is 4.97. The molecule has 0 aliphatic heterocycles. The van der Waals surface area contributed by atoms with Crippen LogP contribution < -0.4 is 4.74 Å². The minimum Gasteiger partial charge on any atom is -0.475 e. The average Bonchev–Trinajstić information content (AvgIpc) is 2.60. The lowest BCUT2D eigenvalue weighted by molar-refractivity contribution is -0.274. The molecule has 0 aliphatic carbocycles. The molecule has 0 saturated heterocycles. The van der Waals surface area contributed by atoms with Gasteiger partial charge in [-0.25, -0.2) is 4.98 Å². The summed E-state index contributed by atoms with van der Waals surface area (Å²) in [6, 6.07) is 6.27. The first-order valence-electron chi connectivity index (χ1n) is 7.93. The maximum atomic E-state index is 14.0. The molecule has 148 valence electrons. The zero-order valence-corrected chi connectivity index (χ0v) is 16.1. The lowest BCUT2D eigenvalue weighted by Crippen LogP contribution is -2.46. The van der Waals surface area contributed by atoms with Crippen LogP contribution in [0.15, 0.2) is 36.5 Å². The van der Waals surface area contributed by atoms with Gasteiger partial charge in [0.05, 0.1) is 6.61 Å². The highest BCUT2D eigenvalue weighted by Crippen LogP contribution is 2.50. The van der Waals surface area contributed by atoms with Gasteiger partial charge in [-0.3, -0.25) is 0 Å². The molecule has 0 fully saturated rings. The molecule has 2 aromatic rings. The van der Waals surface area contributed by atoms with E-state index in [9.17, 15) is 18.3 Å². The number of halogens is 5. The van der Waals surface area contributed by atoms with Crippen LogP contribution in [0.1, 0.15) is 24.0 Å². The summed E-state index contributed by atoms with van der Waals surface area (Å²) in [4.78, 5) is 3.87. The molecule has 2 unspecified atom stereocenters. The summed E-state index contributed by atoms with van der Waals surface area (Å²) in [7, 11) is 1.47. The van der Waals surface area contributed by atoms with Gasteiger partial charge in [0.25, 0.3) is 0 Å². The van der Waals surface area contributed by atoms with Crippen LogP contribution in [-0.2, 0) is 10.3 Å². The van der Waals surface area contributed by atoms with E-state index >= 15 is 0 Å². The molecule has 1 N–H and O–H groups in total. The Kier molecular flexibility index (Phi) is 6.97. The number of aromatic nitrogens is 1. The minimum absolute atomic E-state index is 0.0308. The highest BCUT2D eigenvalue weighted by Gasteiger charge is 2.59. The summed E-state index contributed by atoms with van der Waals surface area (Å²) in [6.45, 7) is 1.59. The quantitative estimate of drug-likeness (QED) is 0.638. The van der Waals surface area contributed by atoms with Crippen molar-refractivity contribution in [3.63, 3.8) is 0 Å². The van der Waals surface area contributed by atoms with Gasteiger partial charge >= 0.3 is 6.18 Å². The van der Waals surface area contributed by atoms with Crippen molar-refractivity contribution in [1.82, 2.24) is 4.98 Å². The number of alkyl halides is 3. The standard InChI is InChI=1S/C18H18Cl2F3NO3/c1-11(14-4-3-13(19)10-15(14)20)17(25,18(21,22)23)12-5-6-24-16(9-12)27-8-7-26-2/h3-6,9-11,25H,7-8H2,1-2H3. The normalized spacial score (nSPS) is 15.3. The lowest BCUT2D eigenvalue weighted by Gasteiger charge is -2.37. The van der Waals surface area contributed by atoms with Gasteiger partial charge in [0, 0.05) is 40.9 Å². The highest BCUT2D eigenvalue weighted by molar-refractivity contribution is 6.35. The molecule has 27 heavy (non-hydrogen) atoms. The third kappa shape index (κ3) is 4.66. The second-order valence-corrected chi connectivity index (χ2v) is 6.72. The summed E-state index contributed by atoms with van der Waals surface area (Å²) in [6.07, 6.45) is -3.84. The minimum atomic E-state index is -4.99. The van der Waals surface area contributed by atoms with Crippen LogP contribution in [0.5, 0.6) is 5.88 Å². The number of hydrogen-bond donors (Lipinski definition) is 1. The summed E-state index contributed by atoms with van der Waals surface area (Å²) >= 11 is 11.9. The SMILES string of the molecule is COCCOc1cc(C(O)(C(C)c2ccc(Cl)cc2Cl)C(F)(F)F)ccn1. The Morgan fingerprint density at radius 1 is 1.15 bits per heavy atom. The van der Waals surface area contributed by atoms with Crippen molar-refractivity contribution >= 4 is 23.2 Å². The van der Waals surface area contributed by atoms with E-state index in [2.05, 4.69) is 4.98 Å². The van der Waals surface area contributed by atoms with Crippen LogP contribution in [0.3, 0.4) is 0 Å². The number of rotatable bonds is 7. The molecule has 0 radical (unpaired) electrons. The van der Waals surface area contributed by atoms with Crippen LogP contribution in [0.2, 0.25) is 10.0 Å². The Morgan fingerprint density at radius 2 is 1.85 bits per heavy atom. The zero-order valence-electron chi connectivity index (χ0n) is 14.6. The zero-order chi connectivity index (χ0) is 20.2. The molecule has 0 aliphatic rings. The fourth-order valence-electron chi connectivity index (χ4n) is 2.69. The molecule has 1 aromatic carbocycles. The third-order valence-corrected chi connectivity index (χ3v) is 4.76. The van der Waals surface area contributed by atoms with Crippen molar-refractivity contribution in [2.45, 2.75) is 24.6 Å². The van der Waals surface area contributed by atoms with E-state index < -0.39 is 23.3 Å². The van der Waals surface area contributed by atoms with E-state index in [1.807, 2.05) is 0 Å². The van der Waals surface area contributed by atoms with Crippen molar-refractivity contribution in [2.24, 2.45) is 0 Å². The first-order chi connectivity index (χ1) is 12.6. The maximum Gasteiger partial charge on any atom is 0.422 e. The monoisotopic (exact) mass is 423 g/mol. The Bertz CT molecular complexity index is 789. The number of hydrogen-bond acceptors (Lipinski definition) is 4. The maximum absolute atomic E-state index is 14.0. The van der Waals surface area contributed by atoms with Crippen molar-refractivity contribution in [2.75, 3.05) is 20.3 Å². The van der Waals surface area contributed by atoms with E-state index in [0.29, 0.717) is 0 Å². The number of aliphatic hydroxyl groups is 1. The molecular formula is C18H18Cl2F3NO3. The van der Waals surface area contributed by atoms with Crippen molar-refractivity contribution in [3.8, 4) is 5.88 Å². The van der Waals surface area contributed by atoms with Gasteiger partial charge in [-0.2, -0.15) is 13.2 Å². The Hall–Kier alpha value is -1.54. The van der Waals surface area contributed by atoms with Gasteiger partial charge < -0.3 is 14.6 Å². The van der Waals surface area contributed by atoms with Crippen LogP contribution in [0.25, 0.3) is 0 Å². The van der Waals surface area contributed by atoms with E-state index in [-0.39, 0.29) is 34.7 Å². The van der Waals surface area contributed by atoms with Crippen LogP contribution in [-0.4, -0.2) is 36.6 Å². The predicted molar refractivity (Wildman–Crippen MR) is 96.4 cm³/mol. The Labute approximate surface area is 164 Å². The van der Waals surface area contributed by atoms with Crippen LogP contribution in [0.4, 0.5) is 13.2 Å². The number of ether oxygens (including phenoxy) is 2. The molecule has 1 aromatic heterocycles. The van der Waals surface area contributed by atoms with Crippen molar-refractivity contribution in [1.29, 1.82) is 0 Å². The van der Waals surface area contributed by atoms with Gasteiger partial charge in [0.2, 0.25) is 5.88 Å². The fraction of sp³-hybridized carbons (Fsp3) is 0.389. The Morgan fingerprint density at radius 3 is 2.44 bits per heavy atom. The molecule has 4 nitrogen and oxygen atoms in total. The van der Waals surface area contributed by atoms with Crippen LogP contribution >= 0.6 is 23.2 Å². The van der Waals surface area contributed by atoms with Gasteiger partial charge in [0.1, 0.15) is 6.61 Å². The van der Waals surface area contributed by atoms with E-state index in [1.165, 1.54) is 32.2 Å². The fourth-order valence-corrected chi connectivity index (χ4v) is 3.26. The summed E-state index contributed by atoms with van der Waals surface area (Å²) in [5.41, 5.74) is -3.51. The molecule has 2 rings (SSSR count). The number of pyridine rings is 1. The molecule has 1 heterocycles. The molecule has 0 spiro atoms. The van der Waals surface area contributed by atoms with E-state index in [0.717, 1.165) is 18.3 Å². The molecule has 2 atom stereocenters. The average molecular weight is 424 g/mol. The smallest absolute Gasteiger partial charge is 0.422 e. The summed E-state index contributed by atoms with van der Waals surface area (Å²) < 4.78 is 52.0. The second kappa shape index (κ2) is 8.65. The summed E-state index contributed by atoms with van der Waals surface area (Å²) in [5, 5.41) is 11.1. The van der Waals surface area contributed by atoms with Crippen molar-refractivity contribution < 1.29 is 27.8 Å². The largest absolute Gasteiger partial charge is 0.475 e. The van der Waals surface area contributed by atoms with Gasteiger partial charge in [-0.15, -0.1) is 0 Å². The summed E-state index contributed by atoms with van der Waals surface area (Å²) in [5.74, 6) is -1.47. The molecule has 0 amide bonds. The van der Waals surface area contributed by atoms with E-state index in [4.69, 9.17) is 32.7 Å². The first kappa shape index (κ1) is 21.8. The number of methoxy groups -OCH3 is 1. The molecule has 0 saturated carbocycles. The third-order valence-electron chi connectivity index (χ3n) is 4.20. The molecule has 0 bridgehead atoms. The van der Waals surface area contributed by atoms with Gasteiger partial charge in [-0.1, -0.05) is 36.2 Å². The number of nitrogens with zero attached hydrogens (tertiary/aromatic N) is 1. The number of benzene rings is 1. The van der Waals surface area contributed by atoms with Crippen LogP contribution in [0, 0.1) is 0 Å². The second-order valence-electron chi connectivity index (χ2n) is 5.88. The highest BCUT2D eigenvalue weighted by atomic mass is 35.5. The van der Waals surface area contributed by atoms with Crippen molar-refractivity contribution in [3.05, 3.63) is 57.7 Å². The van der Waals surface area contributed by atoms with E-state index in [1.54, 1.807) is 0 Å². The van der Waals surface area contributed by atoms with Gasteiger partial charge in [0.15, 0.2) is 5.60 Å².